The molecule has 0 aromatic rings. The van der Waals surface area contributed by atoms with Gasteiger partial charge in [-0.1, -0.05) is 0 Å². The van der Waals surface area contributed by atoms with E-state index in [1.807, 2.05) is 7.05 Å². The fourth-order valence-corrected chi connectivity index (χ4v) is 1.37. The van der Waals surface area contributed by atoms with Crippen LogP contribution in [-0.2, 0) is 9.59 Å². The van der Waals surface area contributed by atoms with Crippen molar-refractivity contribution in [3.05, 3.63) is 0 Å². The van der Waals surface area contributed by atoms with E-state index in [9.17, 15) is 9.59 Å². The second-order valence-electron chi connectivity index (χ2n) is 3.54. The molecular weight excluding hydrogens is 184 g/mol. The minimum Gasteiger partial charge on any atom is -0.481 e. The van der Waals surface area contributed by atoms with Crippen LogP contribution in [0.1, 0.15) is 12.8 Å². The van der Waals surface area contributed by atoms with E-state index in [1.165, 1.54) is 0 Å². The molecular formula is C9H16N2O3. The van der Waals surface area contributed by atoms with Gasteiger partial charge in [-0.15, -0.1) is 0 Å². The number of carboxylic acids is 1. The van der Waals surface area contributed by atoms with Crippen molar-refractivity contribution in [2.45, 2.75) is 12.8 Å². The Morgan fingerprint density at radius 2 is 2.07 bits per heavy atom. The van der Waals surface area contributed by atoms with Crippen LogP contribution in [0.25, 0.3) is 0 Å². The lowest BCUT2D eigenvalue weighted by molar-refractivity contribution is -0.140. The molecule has 0 bridgehead atoms. The van der Waals surface area contributed by atoms with Crippen molar-refractivity contribution >= 4 is 11.9 Å². The Kier molecular flexibility index (Phi) is 3.88. The second-order valence-corrected chi connectivity index (χ2v) is 3.54. The molecule has 0 spiro atoms. The lowest BCUT2D eigenvalue weighted by Gasteiger charge is -2.03. The van der Waals surface area contributed by atoms with Crippen LogP contribution in [0.2, 0.25) is 0 Å². The standard InChI is InChI=1S/C9H16N2O3/c1-10-3-2-4-11-8(12)6-5-7(6)9(13)14/h6-7,10H,2-5H2,1H3,(H,11,12)(H,13,14). The number of hydrogen-bond donors (Lipinski definition) is 3. The van der Waals surface area contributed by atoms with Gasteiger partial charge in [0.15, 0.2) is 0 Å². The Labute approximate surface area is 82.9 Å². The number of aliphatic carboxylic acids is 1. The summed E-state index contributed by atoms with van der Waals surface area (Å²) in [5.74, 6) is -1.71. The third-order valence-corrected chi connectivity index (χ3v) is 2.35. The van der Waals surface area contributed by atoms with Gasteiger partial charge in [-0.05, 0) is 26.4 Å². The zero-order valence-corrected chi connectivity index (χ0v) is 8.25. The van der Waals surface area contributed by atoms with Gasteiger partial charge in [0.2, 0.25) is 5.91 Å². The van der Waals surface area contributed by atoms with Crippen molar-refractivity contribution in [2.75, 3.05) is 20.1 Å². The zero-order valence-electron chi connectivity index (χ0n) is 8.25. The van der Waals surface area contributed by atoms with E-state index in [4.69, 9.17) is 5.11 Å². The number of amides is 1. The highest BCUT2D eigenvalue weighted by Crippen LogP contribution is 2.38. The molecule has 0 radical (unpaired) electrons. The molecule has 1 aliphatic carbocycles. The first kappa shape index (κ1) is 11.0. The van der Waals surface area contributed by atoms with E-state index in [-0.39, 0.29) is 11.8 Å². The van der Waals surface area contributed by atoms with Gasteiger partial charge in [-0.2, -0.15) is 0 Å². The molecule has 1 fully saturated rings. The van der Waals surface area contributed by atoms with E-state index < -0.39 is 11.9 Å². The summed E-state index contributed by atoms with van der Waals surface area (Å²) in [4.78, 5) is 21.8. The number of nitrogens with one attached hydrogen (secondary N) is 2. The van der Waals surface area contributed by atoms with Crippen LogP contribution in [0.3, 0.4) is 0 Å². The molecule has 5 heteroatoms. The predicted molar refractivity (Wildman–Crippen MR) is 50.8 cm³/mol. The maximum absolute atomic E-state index is 11.3. The lowest BCUT2D eigenvalue weighted by Crippen LogP contribution is -2.28. The molecule has 1 saturated carbocycles. The van der Waals surface area contributed by atoms with Crippen molar-refractivity contribution in [2.24, 2.45) is 11.8 Å². The highest BCUT2D eigenvalue weighted by Gasteiger charge is 2.48. The molecule has 1 rings (SSSR count). The minimum atomic E-state index is -0.861. The summed E-state index contributed by atoms with van der Waals surface area (Å²) in [6.07, 6.45) is 1.36. The van der Waals surface area contributed by atoms with Gasteiger partial charge in [0.25, 0.3) is 0 Å². The molecule has 5 nitrogen and oxygen atoms in total. The molecule has 0 aromatic heterocycles. The van der Waals surface area contributed by atoms with Crippen molar-refractivity contribution in [3.63, 3.8) is 0 Å². The Morgan fingerprint density at radius 3 is 2.57 bits per heavy atom. The Hall–Kier alpha value is -1.10. The van der Waals surface area contributed by atoms with E-state index in [0.29, 0.717) is 13.0 Å². The molecule has 0 aliphatic heterocycles. The smallest absolute Gasteiger partial charge is 0.307 e. The van der Waals surface area contributed by atoms with Crippen LogP contribution < -0.4 is 10.6 Å². The zero-order chi connectivity index (χ0) is 10.6. The summed E-state index contributed by atoms with van der Waals surface area (Å²) < 4.78 is 0. The summed E-state index contributed by atoms with van der Waals surface area (Å²) in [5.41, 5.74) is 0. The molecule has 80 valence electrons. The molecule has 0 aromatic carbocycles. The van der Waals surface area contributed by atoms with Crippen molar-refractivity contribution in [1.29, 1.82) is 0 Å². The van der Waals surface area contributed by atoms with Gasteiger partial charge in [0, 0.05) is 6.54 Å². The first-order chi connectivity index (χ1) is 6.66. The number of rotatable bonds is 6. The molecule has 0 heterocycles. The summed E-state index contributed by atoms with van der Waals surface area (Å²) in [6, 6.07) is 0. The molecule has 1 aliphatic rings. The summed E-state index contributed by atoms with van der Waals surface area (Å²) >= 11 is 0. The Bertz CT molecular complexity index is 230. The van der Waals surface area contributed by atoms with Crippen molar-refractivity contribution < 1.29 is 14.7 Å². The number of carbonyl (C=O) groups excluding carboxylic acids is 1. The van der Waals surface area contributed by atoms with Gasteiger partial charge < -0.3 is 15.7 Å². The molecule has 0 saturated heterocycles. The molecule has 14 heavy (non-hydrogen) atoms. The number of hydrogen-bond acceptors (Lipinski definition) is 3. The van der Waals surface area contributed by atoms with E-state index in [0.717, 1.165) is 13.0 Å². The summed E-state index contributed by atoms with van der Waals surface area (Å²) in [6.45, 7) is 1.47. The second kappa shape index (κ2) is 4.95. The van der Waals surface area contributed by atoms with Crippen LogP contribution in [-0.4, -0.2) is 37.1 Å². The molecule has 1 amide bonds. The summed E-state index contributed by atoms with van der Waals surface area (Å²) in [7, 11) is 1.85. The topological polar surface area (TPSA) is 78.4 Å². The van der Waals surface area contributed by atoms with Crippen molar-refractivity contribution in [1.82, 2.24) is 10.6 Å². The first-order valence-electron chi connectivity index (χ1n) is 4.82. The fourth-order valence-electron chi connectivity index (χ4n) is 1.37. The number of carboxylic acid groups (broad SMARTS) is 1. The van der Waals surface area contributed by atoms with Crippen LogP contribution in [0.5, 0.6) is 0 Å². The maximum atomic E-state index is 11.3. The monoisotopic (exact) mass is 200 g/mol. The van der Waals surface area contributed by atoms with Crippen LogP contribution in [0.4, 0.5) is 0 Å². The SMILES string of the molecule is CNCCCNC(=O)C1CC1C(=O)O. The first-order valence-corrected chi connectivity index (χ1v) is 4.82. The quantitative estimate of drug-likeness (QED) is 0.502. The van der Waals surface area contributed by atoms with Gasteiger partial charge in [-0.3, -0.25) is 9.59 Å². The van der Waals surface area contributed by atoms with Crippen molar-refractivity contribution in [3.8, 4) is 0 Å². The van der Waals surface area contributed by atoms with E-state index in [1.54, 1.807) is 0 Å². The van der Waals surface area contributed by atoms with E-state index >= 15 is 0 Å². The largest absolute Gasteiger partial charge is 0.481 e. The number of carbonyl (C=O) groups is 2. The average molecular weight is 200 g/mol. The van der Waals surface area contributed by atoms with Crippen LogP contribution in [0.15, 0.2) is 0 Å². The van der Waals surface area contributed by atoms with Gasteiger partial charge >= 0.3 is 5.97 Å². The highest BCUT2D eigenvalue weighted by molar-refractivity contribution is 5.89. The minimum absolute atomic E-state index is 0.117. The summed E-state index contributed by atoms with van der Waals surface area (Å²) in [5, 5.41) is 14.3. The van der Waals surface area contributed by atoms with Gasteiger partial charge in [0.1, 0.15) is 0 Å². The normalized spacial score (nSPS) is 24.4. The average Bonchev–Trinajstić information content (AvgIpc) is 2.91. The van der Waals surface area contributed by atoms with Gasteiger partial charge in [-0.25, -0.2) is 0 Å². The Balaban J connectivity index is 2.09. The predicted octanol–water partition coefficient (Wildman–Crippen LogP) is -0.567. The van der Waals surface area contributed by atoms with E-state index in [2.05, 4.69) is 10.6 Å². The molecule has 3 N–H and O–H groups in total. The third kappa shape index (κ3) is 2.99. The van der Waals surface area contributed by atoms with Gasteiger partial charge in [0.05, 0.1) is 11.8 Å². The lowest BCUT2D eigenvalue weighted by atomic mass is 10.3. The molecule has 2 unspecified atom stereocenters. The third-order valence-electron chi connectivity index (χ3n) is 2.35. The Morgan fingerprint density at radius 1 is 1.36 bits per heavy atom. The highest BCUT2D eigenvalue weighted by atomic mass is 16.4. The fraction of sp³-hybridized carbons (Fsp3) is 0.778. The maximum Gasteiger partial charge on any atom is 0.307 e. The van der Waals surface area contributed by atoms with Crippen LogP contribution in [0, 0.1) is 11.8 Å². The van der Waals surface area contributed by atoms with Crippen LogP contribution >= 0.6 is 0 Å². The molecule has 2 atom stereocenters.